The molecule has 0 aliphatic carbocycles. The van der Waals surface area contributed by atoms with E-state index < -0.39 is 51.6 Å². The zero-order chi connectivity index (χ0) is 20.9. The number of halogens is 1. The minimum absolute atomic E-state index is 0.0111. The van der Waals surface area contributed by atoms with Gasteiger partial charge in [0.1, 0.15) is 23.6 Å². The predicted molar refractivity (Wildman–Crippen MR) is 96.9 cm³/mol. The van der Waals surface area contributed by atoms with Crippen LogP contribution in [0.2, 0.25) is 5.28 Å². The SMILES string of the molecule is Nc1nc(Cl)nc2c1ncn2C1OC(CCP(=O)(O)CP(=O)(O)O)C(O)C1O. The third kappa shape index (κ3) is 4.54. The Morgan fingerprint density at radius 3 is 2.54 bits per heavy atom. The van der Waals surface area contributed by atoms with Gasteiger partial charge in [0.15, 0.2) is 17.7 Å². The Hall–Kier alpha value is -1.14. The van der Waals surface area contributed by atoms with Crippen LogP contribution in [0.1, 0.15) is 12.6 Å². The molecule has 0 amide bonds. The van der Waals surface area contributed by atoms with Crippen LogP contribution in [-0.4, -0.2) is 74.8 Å². The third-order valence-corrected chi connectivity index (χ3v) is 8.57. The second-order valence-corrected chi connectivity index (χ2v) is 11.4. The number of ether oxygens (including phenoxy) is 1. The van der Waals surface area contributed by atoms with Crippen molar-refractivity contribution in [2.75, 3.05) is 17.8 Å². The molecular formula is C12H18ClN5O8P2. The van der Waals surface area contributed by atoms with Gasteiger partial charge in [0.05, 0.1) is 12.4 Å². The summed E-state index contributed by atoms with van der Waals surface area (Å²) in [5.41, 5.74) is 6.08. The topological polar surface area (TPSA) is 214 Å². The average molecular weight is 458 g/mol. The highest BCUT2D eigenvalue weighted by Gasteiger charge is 2.45. The molecule has 0 saturated carbocycles. The monoisotopic (exact) mass is 457 g/mol. The summed E-state index contributed by atoms with van der Waals surface area (Å²) >= 11 is 5.79. The van der Waals surface area contributed by atoms with E-state index in [9.17, 15) is 24.2 Å². The van der Waals surface area contributed by atoms with Crippen molar-refractivity contribution < 1.29 is 38.8 Å². The molecule has 3 heterocycles. The molecule has 0 bridgehead atoms. The van der Waals surface area contributed by atoms with Crippen LogP contribution in [0.5, 0.6) is 0 Å². The maximum atomic E-state index is 11.9. The van der Waals surface area contributed by atoms with Crippen molar-refractivity contribution in [3.05, 3.63) is 11.6 Å². The van der Waals surface area contributed by atoms with Crippen molar-refractivity contribution in [3.63, 3.8) is 0 Å². The van der Waals surface area contributed by atoms with Gasteiger partial charge in [0.2, 0.25) is 12.7 Å². The number of hydrogen-bond acceptors (Lipinski definition) is 9. The lowest BCUT2D eigenvalue weighted by molar-refractivity contribution is -0.0354. The quantitative estimate of drug-likeness (QED) is 0.238. The molecule has 28 heavy (non-hydrogen) atoms. The van der Waals surface area contributed by atoms with Crippen LogP contribution >= 0.6 is 26.6 Å². The van der Waals surface area contributed by atoms with Crippen molar-refractivity contribution in [1.82, 2.24) is 19.5 Å². The van der Waals surface area contributed by atoms with Crippen molar-refractivity contribution in [2.24, 2.45) is 0 Å². The maximum absolute atomic E-state index is 11.9. The number of nitrogens with two attached hydrogens (primary N) is 1. The Labute approximate surface area is 162 Å². The highest BCUT2D eigenvalue weighted by Crippen LogP contribution is 2.55. The first-order chi connectivity index (χ1) is 12.9. The number of nitrogen functional groups attached to an aromatic ring is 1. The number of aliphatic hydroxyl groups excluding tert-OH is 2. The summed E-state index contributed by atoms with van der Waals surface area (Å²) < 4.78 is 29.8. The molecule has 2 aromatic rings. The van der Waals surface area contributed by atoms with Crippen LogP contribution in [0, 0.1) is 0 Å². The molecule has 2 aromatic heterocycles. The van der Waals surface area contributed by atoms with E-state index in [1.165, 1.54) is 10.9 Å². The van der Waals surface area contributed by atoms with Crippen molar-refractivity contribution in [2.45, 2.75) is 31.0 Å². The Morgan fingerprint density at radius 1 is 1.21 bits per heavy atom. The predicted octanol–water partition coefficient (Wildman–Crippen LogP) is -0.523. The molecule has 7 N–H and O–H groups in total. The molecule has 156 valence electrons. The highest BCUT2D eigenvalue weighted by molar-refractivity contribution is 7.72. The van der Waals surface area contributed by atoms with Gasteiger partial charge in [0.25, 0.3) is 0 Å². The van der Waals surface area contributed by atoms with Gasteiger partial charge in [-0.15, -0.1) is 0 Å². The lowest BCUT2D eigenvalue weighted by atomic mass is 10.1. The first-order valence-electron chi connectivity index (χ1n) is 7.90. The lowest BCUT2D eigenvalue weighted by Gasteiger charge is -2.17. The summed E-state index contributed by atoms with van der Waals surface area (Å²) in [5.74, 6) is -1.16. The fourth-order valence-corrected chi connectivity index (χ4v) is 6.68. The minimum Gasteiger partial charge on any atom is -0.388 e. The second-order valence-electron chi connectivity index (χ2n) is 6.41. The Kier molecular flexibility index (Phi) is 5.85. The van der Waals surface area contributed by atoms with Crippen LogP contribution in [0.4, 0.5) is 5.82 Å². The number of fused-ring (bicyclic) bond motifs is 1. The molecule has 1 fully saturated rings. The molecule has 0 radical (unpaired) electrons. The van der Waals surface area contributed by atoms with Gasteiger partial charge in [-0.25, -0.2) is 4.98 Å². The molecule has 1 saturated heterocycles. The normalized spacial score (nSPS) is 27.9. The third-order valence-electron chi connectivity index (χ3n) is 4.20. The zero-order valence-electron chi connectivity index (χ0n) is 14.1. The van der Waals surface area contributed by atoms with Gasteiger partial charge in [-0.3, -0.25) is 13.7 Å². The minimum atomic E-state index is -4.68. The smallest absolute Gasteiger partial charge is 0.335 e. The first-order valence-corrected chi connectivity index (χ1v) is 12.1. The van der Waals surface area contributed by atoms with E-state index in [2.05, 4.69) is 15.0 Å². The summed E-state index contributed by atoms with van der Waals surface area (Å²) in [7, 11) is -8.84. The van der Waals surface area contributed by atoms with E-state index in [-0.39, 0.29) is 28.7 Å². The van der Waals surface area contributed by atoms with Crippen LogP contribution in [0.25, 0.3) is 11.2 Å². The van der Waals surface area contributed by atoms with Gasteiger partial charge in [-0.2, -0.15) is 9.97 Å². The van der Waals surface area contributed by atoms with Crippen molar-refractivity contribution in [1.29, 1.82) is 0 Å². The number of rotatable bonds is 6. The lowest BCUT2D eigenvalue weighted by Crippen LogP contribution is -2.32. The van der Waals surface area contributed by atoms with E-state index >= 15 is 0 Å². The molecular weight excluding hydrogens is 440 g/mol. The second kappa shape index (κ2) is 7.60. The van der Waals surface area contributed by atoms with Crippen LogP contribution in [-0.2, 0) is 13.9 Å². The first kappa shape index (κ1) is 21.6. The van der Waals surface area contributed by atoms with Gasteiger partial charge in [-0.05, 0) is 18.0 Å². The molecule has 1 aliphatic rings. The van der Waals surface area contributed by atoms with Gasteiger partial charge < -0.3 is 35.4 Å². The van der Waals surface area contributed by atoms with Gasteiger partial charge in [0, 0.05) is 6.16 Å². The maximum Gasteiger partial charge on any atom is 0.335 e. The molecule has 5 unspecified atom stereocenters. The average Bonchev–Trinajstić information content (AvgIpc) is 3.06. The van der Waals surface area contributed by atoms with E-state index in [4.69, 9.17) is 31.9 Å². The van der Waals surface area contributed by atoms with E-state index in [0.717, 1.165) is 0 Å². The number of hydrogen-bond donors (Lipinski definition) is 6. The number of anilines is 1. The number of imidazole rings is 1. The molecule has 16 heteroatoms. The summed E-state index contributed by atoms with van der Waals surface area (Å²) in [6.45, 7) is 0. The summed E-state index contributed by atoms with van der Waals surface area (Å²) in [5, 5.41) is 20.4. The molecule has 3 rings (SSSR count). The molecule has 1 aliphatic heterocycles. The van der Waals surface area contributed by atoms with Crippen LogP contribution < -0.4 is 5.73 Å². The van der Waals surface area contributed by atoms with E-state index in [1.54, 1.807) is 0 Å². The fraction of sp³-hybridized carbons (Fsp3) is 0.583. The van der Waals surface area contributed by atoms with Crippen molar-refractivity contribution >= 4 is 43.5 Å². The number of nitrogens with zero attached hydrogens (tertiary/aromatic N) is 4. The summed E-state index contributed by atoms with van der Waals surface area (Å²) in [4.78, 5) is 39.2. The molecule has 5 atom stereocenters. The Morgan fingerprint density at radius 2 is 1.89 bits per heavy atom. The molecule has 0 aromatic carbocycles. The Balaban J connectivity index is 1.78. The van der Waals surface area contributed by atoms with Gasteiger partial charge >= 0.3 is 7.60 Å². The van der Waals surface area contributed by atoms with Crippen molar-refractivity contribution in [3.8, 4) is 0 Å². The van der Waals surface area contributed by atoms with Gasteiger partial charge in [-0.1, -0.05) is 0 Å². The molecule has 0 spiro atoms. The standard InChI is InChI=1S/C12H18ClN5O8P2/c13-12-16-9(14)6-10(17-12)18(3-15-6)11-8(20)7(19)5(26-11)1-2-27(21,22)4-28(23,24)25/h3,5,7-8,11,19-20H,1-2,4H2,(H,21,22)(H2,14,16,17)(H2,23,24,25). The molecule has 13 nitrogen and oxygen atoms in total. The zero-order valence-corrected chi connectivity index (χ0v) is 16.7. The largest absolute Gasteiger partial charge is 0.388 e. The summed E-state index contributed by atoms with van der Waals surface area (Å²) in [6.07, 6.45) is -4.53. The fourth-order valence-electron chi connectivity index (χ4n) is 2.98. The summed E-state index contributed by atoms with van der Waals surface area (Å²) in [6, 6.07) is 0. The highest BCUT2D eigenvalue weighted by atomic mass is 35.5. The van der Waals surface area contributed by atoms with E-state index in [1.807, 2.05) is 0 Å². The van der Waals surface area contributed by atoms with E-state index in [0.29, 0.717) is 0 Å². The Bertz CT molecular complexity index is 982. The van der Waals surface area contributed by atoms with Crippen LogP contribution in [0.15, 0.2) is 6.33 Å². The van der Waals surface area contributed by atoms with Crippen LogP contribution in [0.3, 0.4) is 0 Å². The number of aliphatic hydroxyl groups is 2. The number of aromatic nitrogens is 4.